The van der Waals surface area contributed by atoms with Crippen LogP contribution in [0.5, 0.6) is 0 Å². The van der Waals surface area contributed by atoms with Gasteiger partial charge in [-0.15, -0.1) is 0 Å². The molecular weight excluding hydrogens is 237 g/mol. The van der Waals surface area contributed by atoms with E-state index in [0.717, 1.165) is 5.56 Å². The SMILES string of the molecule is CCOC(=O)C1Cc2cc3n[nH]nc3c(F)c2C1. The fourth-order valence-corrected chi connectivity index (χ4v) is 2.45. The van der Waals surface area contributed by atoms with Crippen LogP contribution in [-0.4, -0.2) is 28.0 Å². The predicted octanol–water partition coefficient (Wildman–Crippen LogP) is 1.37. The molecule has 5 nitrogen and oxygen atoms in total. The van der Waals surface area contributed by atoms with Gasteiger partial charge in [0.25, 0.3) is 0 Å². The van der Waals surface area contributed by atoms with Crippen molar-refractivity contribution in [2.75, 3.05) is 6.61 Å². The van der Waals surface area contributed by atoms with Crippen LogP contribution in [0.3, 0.4) is 0 Å². The lowest BCUT2D eigenvalue weighted by Gasteiger charge is -2.06. The fourth-order valence-electron chi connectivity index (χ4n) is 2.45. The average molecular weight is 249 g/mol. The minimum atomic E-state index is -0.372. The van der Waals surface area contributed by atoms with Gasteiger partial charge in [-0.3, -0.25) is 4.79 Å². The maximum Gasteiger partial charge on any atom is 0.309 e. The van der Waals surface area contributed by atoms with E-state index in [4.69, 9.17) is 4.74 Å². The van der Waals surface area contributed by atoms with Crippen LogP contribution >= 0.6 is 0 Å². The van der Waals surface area contributed by atoms with Crippen molar-refractivity contribution in [1.82, 2.24) is 15.4 Å². The number of halogens is 1. The highest BCUT2D eigenvalue weighted by Gasteiger charge is 2.32. The molecule has 3 rings (SSSR count). The van der Waals surface area contributed by atoms with Gasteiger partial charge in [0.15, 0.2) is 5.82 Å². The molecule has 0 aliphatic heterocycles. The molecule has 2 aromatic rings. The first-order valence-corrected chi connectivity index (χ1v) is 5.88. The van der Waals surface area contributed by atoms with Gasteiger partial charge in [-0.25, -0.2) is 4.39 Å². The van der Waals surface area contributed by atoms with Crippen molar-refractivity contribution in [3.8, 4) is 0 Å². The number of nitrogens with one attached hydrogen (secondary N) is 1. The van der Waals surface area contributed by atoms with Crippen molar-refractivity contribution < 1.29 is 13.9 Å². The number of nitrogens with zero attached hydrogens (tertiary/aromatic N) is 2. The van der Waals surface area contributed by atoms with E-state index in [1.54, 1.807) is 13.0 Å². The van der Waals surface area contributed by atoms with Gasteiger partial charge >= 0.3 is 5.97 Å². The maximum absolute atomic E-state index is 14.2. The Labute approximate surface area is 102 Å². The number of carbonyl (C=O) groups excluding carboxylic acids is 1. The van der Waals surface area contributed by atoms with E-state index in [1.807, 2.05) is 0 Å². The molecule has 0 saturated heterocycles. The first kappa shape index (κ1) is 11.1. The Hall–Kier alpha value is -1.98. The zero-order chi connectivity index (χ0) is 12.7. The highest BCUT2D eigenvalue weighted by Crippen LogP contribution is 2.32. The molecule has 18 heavy (non-hydrogen) atoms. The number of fused-ring (bicyclic) bond motifs is 2. The van der Waals surface area contributed by atoms with Crippen LogP contribution in [0, 0.1) is 11.7 Å². The summed E-state index contributed by atoms with van der Waals surface area (Å²) in [6, 6.07) is 1.79. The van der Waals surface area contributed by atoms with E-state index >= 15 is 0 Å². The minimum absolute atomic E-state index is 0.234. The number of carbonyl (C=O) groups is 1. The lowest BCUT2D eigenvalue weighted by Crippen LogP contribution is -2.17. The molecule has 1 aliphatic carbocycles. The lowest BCUT2D eigenvalue weighted by molar-refractivity contribution is -0.147. The number of aromatic nitrogens is 3. The number of aromatic amines is 1. The zero-order valence-electron chi connectivity index (χ0n) is 9.86. The summed E-state index contributed by atoms with van der Waals surface area (Å²) >= 11 is 0. The molecule has 1 N–H and O–H groups in total. The maximum atomic E-state index is 14.2. The normalized spacial score (nSPS) is 18.0. The summed E-state index contributed by atoms with van der Waals surface area (Å²) in [6.45, 7) is 2.11. The van der Waals surface area contributed by atoms with E-state index in [2.05, 4.69) is 15.4 Å². The Morgan fingerprint density at radius 2 is 2.39 bits per heavy atom. The molecule has 1 aliphatic rings. The smallest absolute Gasteiger partial charge is 0.309 e. The van der Waals surface area contributed by atoms with Crippen molar-refractivity contribution in [2.45, 2.75) is 19.8 Å². The van der Waals surface area contributed by atoms with Gasteiger partial charge in [0.2, 0.25) is 0 Å². The van der Waals surface area contributed by atoms with E-state index < -0.39 is 0 Å². The van der Waals surface area contributed by atoms with E-state index in [9.17, 15) is 9.18 Å². The van der Waals surface area contributed by atoms with Crippen molar-refractivity contribution in [3.63, 3.8) is 0 Å². The quantitative estimate of drug-likeness (QED) is 0.816. The van der Waals surface area contributed by atoms with Crippen molar-refractivity contribution in [3.05, 3.63) is 23.0 Å². The second kappa shape index (κ2) is 4.04. The summed E-state index contributed by atoms with van der Waals surface area (Å²) in [5.74, 6) is -0.923. The fraction of sp³-hybridized carbons (Fsp3) is 0.417. The standard InChI is InChI=1S/C12H12FN3O2/c1-2-18-12(17)7-3-6-5-9-11(15-16-14-9)10(13)8(6)4-7/h5,7H,2-4H2,1H3,(H,14,15,16). The number of H-pyrrole nitrogens is 1. The second-order valence-electron chi connectivity index (χ2n) is 4.38. The number of hydrogen-bond acceptors (Lipinski definition) is 4. The predicted molar refractivity (Wildman–Crippen MR) is 61.4 cm³/mol. The lowest BCUT2D eigenvalue weighted by atomic mass is 10.1. The Kier molecular flexibility index (Phi) is 2.50. The van der Waals surface area contributed by atoms with Crippen LogP contribution in [0.15, 0.2) is 6.07 Å². The van der Waals surface area contributed by atoms with E-state index in [1.165, 1.54) is 0 Å². The van der Waals surface area contributed by atoms with Gasteiger partial charge in [0, 0.05) is 0 Å². The molecular formula is C12H12FN3O2. The molecule has 0 bridgehead atoms. The number of rotatable bonds is 2. The molecule has 0 saturated carbocycles. The van der Waals surface area contributed by atoms with Crippen LogP contribution in [0.1, 0.15) is 18.1 Å². The molecule has 0 spiro atoms. The summed E-state index contributed by atoms with van der Waals surface area (Å²) in [4.78, 5) is 11.7. The molecule has 0 amide bonds. The Balaban J connectivity index is 1.98. The number of hydrogen-bond donors (Lipinski definition) is 1. The molecule has 1 aromatic heterocycles. The summed E-state index contributed by atoms with van der Waals surface area (Å²) in [5.41, 5.74) is 2.12. The van der Waals surface area contributed by atoms with Gasteiger partial charge in [-0.1, -0.05) is 0 Å². The van der Waals surface area contributed by atoms with Crippen LogP contribution in [0.2, 0.25) is 0 Å². The van der Waals surface area contributed by atoms with E-state index in [0.29, 0.717) is 30.5 Å². The van der Waals surface area contributed by atoms with Crippen LogP contribution in [0.4, 0.5) is 4.39 Å². The first-order valence-electron chi connectivity index (χ1n) is 5.88. The minimum Gasteiger partial charge on any atom is -0.466 e. The molecule has 0 fully saturated rings. The zero-order valence-corrected chi connectivity index (χ0v) is 9.86. The highest BCUT2D eigenvalue weighted by atomic mass is 19.1. The van der Waals surface area contributed by atoms with Crippen LogP contribution < -0.4 is 0 Å². The molecule has 94 valence electrons. The monoisotopic (exact) mass is 249 g/mol. The molecule has 1 atom stereocenters. The summed E-state index contributed by atoms with van der Waals surface area (Å²) in [7, 11) is 0. The molecule has 0 radical (unpaired) electrons. The molecule has 6 heteroatoms. The molecule has 1 aromatic carbocycles. The van der Waals surface area contributed by atoms with Crippen LogP contribution in [0.25, 0.3) is 11.0 Å². The number of benzene rings is 1. The third-order valence-electron chi connectivity index (χ3n) is 3.28. The van der Waals surface area contributed by atoms with Crippen molar-refractivity contribution in [1.29, 1.82) is 0 Å². The van der Waals surface area contributed by atoms with Gasteiger partial charge in [0.1, 0.15) is 11.0 Å². The number of esters is 1. The largest absolute Gasteiger partial charge is 0.466 e. The first-order chi connectivity index (χ1) is 8.70. The molecule has 1 heterocycles. The second-order valence-corrected chi connectivity index (χ2v) is 4.38. The van der Waals surface area contributed by atoms with Crippen molar-refractivity contribution in [2.24, 2.45) is 5.92 Å². The van der Waals surface area contributed by atoms with Gasteiger partial charge in [-0.2, -0.15) is 15.4 Å². The average Bonchev–Trinajstić information content (AvgIpc) is 2.95. The van der Waals surface area contributed by atoms with E-state index in [-0.39, 0.29) is 23.2 Å². The Morgan fingerprint density at radius 3 is 3.17 bits per heavy atom. The van der Waals surface area contributed by atoms with Crippen molar-refractivity contribution >= 4 is 17.0 Å². The third kappa shape index (κ3) is 1.56. The van der Waals surface area contributed by atoms with Gasteiger partial charge in [0.05, 0.1) is 12.5 Å². The van der Waals surface area contributed by atoms with Gasteiger partial charge in [-0.05, 0) is 37.0 Å². The highest BCUT2D eigenvalue weighted by molar-refractivity contribution is 5.80. The number of ether oxygens (including phenoxy) is 1. The Morgan fingerprint density at radius 1 is 1.56 bits per heavy atom. The Bertz CT molecular complexity index is 623. The summed E-state index contributed by atoms with van der Waals surface area (Å²) in [5, 5.41) is 10.0. The summed E-state index contributed by atoms with van der Waals surface area (Å²) < 4.78 is 19.1. The van der Waals surface area contributed by atoms with Gasteiger partial charge < -0.3 is 4.74 Å². The topological polar surface area (TPSA) is 67.9 Å². The van der Waals surface area contributed by atoms with Crippen LogP contribution in [-0.2, 0) is 22.4 Å². The molecule has 1 unspecified atom stereocenters. The third-order valence-corrected chi connectivity index (χ3v) is 3.28. The summed E-state index contributed by atoms with van der Waals surface area (Å²) in [6.07, 6.45) is 0.886.